The fraction of sp³-hybridized carbons (Fsp3) is 0.600. The highest BCUT2D eigenvalue weighted by Gasteiger charge is 2.15. The first-order valence-corrected chi connectivity index (χ1v) is 6.65. The zero-order valence-corrected chi connectivity index (χ0v) is 12.0. The third-order valence-electron chi connectivity index (χ3n) is 3.36. The van der Waals surface area contributed by atoms with E-state index in [0.29, 0.717) is 12.5 Å². The summed E-state index contributed by atoms with van der Waals surface area (Å²) in [6.45, 7) is 7.12. The number of hydrogen-bond donors (Lipinski definition) is 2. The van der Waals surface area contributed by atoms with Gasteiger partial charge in [0, 0.05) is 6.04 Å². The highest BCUT2D eigenvalue weighted by Crippen LogP contribution is 2.32. The number of rotatable bonds is 6. The van der Waals surface area contributed by atoms with E-state index >= 15 is 0 Å². The summed E-state index contributed by atoms with van der Waals surface area (Å²) < 4.78 is 5.44. The van der Waals surface area contributed by atoms with Gasteiger partial charge < -0.3 is 16.2 Å². The van der Waals surface area contributed by atoms with Crippen LogP contribution in [0.3, 0.4) is 0 Å². The van der Waals surface area contributed by atoms with Gasteiger partial charge in [0.2, 0.25) is 0 Å². The van der Waals surface area contributed by atoms with Crippen LogP contribution < -0.4 is 16.2 Å². The van der Waals surface area contributed by atoms with Crippen molar-refractivity contribution in [2.75, 3.05) is 13.7 Å². The molecule has 1 aromatic rings. The number of methoxy groups -OCH3 is 1. The molecule has 1 unspecified atom stereocenters. The van der Waals surface area contributed by atoms with Crippen molar-refractivity contribution >= 4 is 0 Å². The summed E-state index contributed by atoms with van der Waals surface area (Å²) in [6.07, 6.45) is 1.89. The normalized spacial score (nSPS) is 12.8. The monoisotopic (exact) mass is 250 g/mol. The van der Waals surface area contributed by atoms with Crippen LogP contribution in [0.1, 0.15) is 55.3 Å². The Morgan fingerprint density at radius 1 is 1.22 bits per heavy atom. The average molecular weight is 250 g/mol. The summed E-state index contributed by atoms with van der Waals surface area (Å²) in [5.41, 5.74) is 15.4. The Labute approximate surface area is 111 Å². The van der Waals surface area contributed by atoms with Crippen LogP contribution in [0.25, 0.3) is 0 Å². The van der Waals surface area contributed by atoms with E-state index in [9.17, 15) is 0 Å². The average Bonchev–Trinajstić information content (AvgIpc) is 2.34. The lowest BCUT2D eigenvalue weighted by Gasteiger charge is -2.20. The van der Waals surface area contributed by atoms with Crippen LogP contribution >= 0.6 is 0 Å². The predicted molar refractivity (Wildman–Crippen MR) is 77.0 cm³/mol. The van der Waals surface area contributed by atoms with E-state index in [0.717, 1.165) is 18.6 Å². The van der Waals surface area contributed by atoms with Gasteiger partial charge in [-0.3, -0.25) is 0 Å². The second-order valence-corrected chi connectivity index (χ2v) is 5.14. The standard InChI is InChI=1S/C15H26N2O/c1-10(2)12-9-13(14(17)6-5-7-16)11(3)8-15(12)18-4/h8-10,14H,5-7,16-17H2,1-4H3. The molecule has 0 fully saturated rings. The van der Waals surface area contributed by atoms with Crippen molar-refractivity contribution in [1.29, 1.82) is 0 Å². The Morgan fingerprint density at radius 2 is 1.89 bits per heavy atom. The van der Waals surface area contributed by atoms with Crippen molar-refractivity contribution in [2.45, 2.75) is 45.6 Å². The number of hydrogen-bond acceptors (Lipinski definition) is 3. The van der Waals surface area contributed by atoms with Crippen molar-refractivity contribution in [3.8, 4) is 5.75 Å². The highest BCUT2D eigenvalue weighted by atomic mass is 16.5. The molecule has 0 amide bonds. The molecule has 0 aliphatic rings. The first kappa shape index (κ1) is 15.0. The zero-order valence-electron chi connectivity index (χ0n) is 12.0. The van der Waals surface area contributed by atoms with E-state index in [-0.39, 0.29) is 6.04 Å². The van der Waals surface area contributed by atoms with Crippen molar-refractivity contribution in [2.24, 2.45) is 11.5 Å². The molecule has 0 heterocycles. The Kier molecular flexibility index (Phi) is 5.63. The maximum atomic E-state index is 6.25. The fourth-order valence-electron chi connectivity index (χ4n) is 2.24. The van der Waals surface area contributed by atoms with Gasteiger partial charge in [-0.25, -0.2) is 0 Å². The van der Waals surface area contributed by atoms with Crippen LogP contribution in [-0.2, 0) is 0 Å². The molecule has 0 aliphatic carbocycles. The topological polar surface area (TPSA) is 61.3 Å². The summed E-state index contributed by atoms with van der Waals surface area (Å²) >= 11 is 0. The molecular formula is C15H26N2O. The first-order valence-electron chi connectivity index (χ1n) is 6.65. The number of ether oxygens (including phenoxy) is 1. The number of nitrogens with two attached hydrogens (primary N) is 2. The van der Waals surface area contributed by atoms with E-state index in [4.69, 9.17) is 16.2 Å². The molecular weight excluding hydrogens is 224 g/mol. The van der Waals surface area contributed by atoms with Gasteiger partial charge >= 0.3 is 0 Å². The Bertz CT molecular complexity index is 388. The molecule has 18 heavy (non-hydrogen) atoms. The lowest BCUT2D eigenvalue weighted by atomic mass is 9.91. The van der Waals surface area contributed by atoms with E-state index in [2.05, 4.69) is 32.9 Å². The van der Waals surface area contributed by atoms with E-state index < -0.39 is 0 Å². The maximum absolute atomic E-state index is 6.25. The Hall–Kier alpha value is -1.06. The van der Waals surface area contributed by atoms with Gasteiger partial charge in [0.1, 0.15) is 5.75 Å². The molecule has 1 aromatic carbocycles. The zero-order chi connectivity index (χ0) is 13.7. The summed E-state index contributed by atoms with van der Waals surface area (Å²) in [4.78, 5) is 0. The molecule has 4 N–H and O–H groups in total. The molecule has 1 rings (SSSR count). The first-order chi connectivity index (χ1) is 8.51. The SMILES string of the molecule is COc1cc(C)c(C(N)CCCN)cc1C(C)C. The van der Waals surface area contributed by atoms with E-state index in [1.54, 1.807) is 7.11 Å². The highest BCUT2D eigenvalue weighted by molar-refractivity contribution is 5.45. The molecule has 0 aliphatic heterocycles. The molecule has 102 valence electrons. The predicted octanol–water partition coefficient (Wildman–Crippen LogP) is 2.87. The minimum Gasteiger partial charge on any atom is -0.496 e. The Balaban J connectivity index is 3.08. The molecule has 0 aromatic heterocycles. The smallest absolute Gasteiger partial charge is 0.122 e. The summed E-state index contributed by atoms with van der Waals surface area (Å²) in [5.74, 6) is 1.39. The third-order valence-corrected chi connectivity index (χ3v) is 3.36. The maximum Gasteiger partial charge on any atom is 0.122 e. The van der Waals surface area contributed by atoms with Crippen LogP contribution in [0.15, 0.2) is 12.1 Å². The van der Waals surface area contributed by atoms with E-state index in [1.807, 2.05) is 0 Å². The molecule has 0 bridgehead atoms. The van der Waals surface area contributed by atoms with Crippen LogP contribution in [0, 0.1) is 6.92 Å². The van der Waals surface area contributed by atoms with Gasteiger partial charge in [-0.15, -0.1) is 0 Å². The summed E-state index contributed by atoms with van der Waals surface area (Å²) in [7, 11) is 1.72. The molecule has 3 heteroatoms. The van der Waals surface area contributed by atoms with Crippen LogP contribution in [0.4, 0.5) is 0 Å². The number of benzene rings is 1. The van der Waals surface area contributed by atoms with Gasteiger partial charge in [0.05, 0.1) is 7.11 Å². The van der Waals surface area contributed by atoms with Gasteiger partial charge in [-0.1, -0.05) is 19.9 Å². The molecule has 0 saturated carbocycles. The van der Waals surface area contributed by atoms with Gasteiger partial charge in [0.25, 0.3) is 0 Å². The van der Waals surface area contributed by atoms with E-state index in [1.165, 1.54) is 16.7 Å². The molecule has 1 atom stereocenters. The van der Waals surface area contributed by atoms with Crippen LogP contribution in [0.5, 0.6) is 5.75 Å². The molecule has 3 nitrogen and oxygen atoms in total. The second-order valence-electron chi connectivity index (χ2n) is 5.14. The van der Waals surface area contributed by atoms with Gasteiger partial charge in [-0.05, 0) is 55.0 Å². The minimum atomic E-state index is 0.0666. The lowest BCUT2D eigenvalue weighted by molar-refractivity contribution is 0.406. The third kappa shape index (κ3) is 3.47. The Morgan fingerprint density at radius 3 is 2.39 bits per heavy atom. The summed E-state index contributed by atoms with van der Waals surface area (Å²) in [5, 5.41) is 0. The van der Waals surface area contributed by atoms with Crippen molar-refractivity contribution in [3.63, 3.8) is 0 Å². The number of aryl methyl sites for hydroxylation is 1. The summed E-state index contributed by atoms with van der Waals surface area (Å²) in [6, 6.07) is 4.35. The van der Waals surface area contributed by atoms with Gasteiger partial charge in [-0.2, -0.15) is 0 Å². The lowest BCUT2D eigenvalue weighted by Crippen LogP contribution is -2.14. The second kappa shape index (κ2) is 6.76. The minimum absolute atomic E-state index is 0.0666. The van der Waals surface area contributed by atoms with Crippen LogP contribution in [0.2, 0.25) is 0 Å². The molecule has 0 saturated heterocycles. The largest absolute Gasteiger partial charge is 0.496 e. The van der Waals surface area contributed by atoms with Crippen molar-refractivity contribution in [3.05, 3.63) is 28.8 Å². The molecule has 0 spiro atoms. The van der Waals surface area contributed by atoms with Crippen molar-refractivity contribution < 1.29 is 4.74 Å². The quantitative estimate of drug-likeness (QED) is 0.816. The van der Waals surface area contributed by atoms with Crippen LogP contribution in [-0.4, -0.2) is 13.7 Å². The molecule has 0 radical (unpaired) electrons. The fourth-order valence-corrected chi connectivity index (χ4v) is 2.24. The van der Waals surface area contributed by atoms with Crippen molar-refractivity contribution in [1.82, 2.24) is 0 Å². The van der Waals surface area contributed by atoms with Gasteiger partial charge in [0.15, 0.2) is 0 Å².